The Kier molecular flexibility index (Phi) is 3.87. The number of benzene rings is 1. The molecule has 0 bridgehead atoms. The normalized spacial score (nSPS) is 11.4. The molecule has 3 rings (SSSR count). The minimum absolute atomic E-state index is 0.258. The van der Waals surface area contributed by atoms with E-state index < -0.39 is 11.7 Å². The fraction of sp³-hybridized carbons (Fsp3) is 0.0714. The summed E-state index contributed by atoms with van der Waals surface area (Å²) >= 11 is 0.993. The average Bonchev–Trinajstić information content (AvgIpc) is 2.95. The van der Waals surface area contributed by atoms with Crippen LogP contribution in [-0.2, 0) is 6.18 Å². The number of aromatic amines is 1. The third-order valence-electron chi connectivity index (χ3n) is 2.90. The Morgan fingerprint density at radius 1 is 1.17 bits per heavy atom. The fourth-order valence-corrected chi connectivity index (χ4v) is 2.48. The molecule has 2 heterocycles. The number of nitrogens with one attached hydrogen (secondary N) is 2. The maximum atomic E-state index is 12.7. The second kappa shape index (κ2) is 5.84. The van der Waals surface area contributed by atoms with Crippen LogP contribution in [-0.4, -0.2) is 14.3 Å². The number of rotatable bonds is 3. The van der Waals surface area contributed by atoms with Crippen LogP contribution in [0.3, 0.4) is 0 Å². The van der Waals surface area contributed by atoms with Crippen molar-refractivity contribution in [2.75, 3.05) is 5.32 Å². The van der Waals surface area contributed by atoms with E-state index >= 15 is 0 Å². The van der Waals surface area contributed by atoms with Gasteiger partial charge in [-0.15, -0.1) is 0 Å². The minimum atomic E-state index is -4.41. The second-order valence-electron chi connectivity index (χ2n) is 4.57. The van der Waals surface area contributed by atoms with E-state index in [1.807, 2.05) is 0 Å². The summed E-state index contributed by atoms with van der Waals surface area (Å²) in [5.74, 6) is 0.329. The van der Waals surface area contributed by atoms with Crippen molar-refractivity contribution in [1.29, 1.82) is 0 Å². The number of hydrogen-bond donors (Lipinski definition) is 2. The topological polar surface area (TPSA) is 70.7 Å². The number of H-pyrrole nitrogens is 1. The minimum Gasteiger partial charge on any atom is -0.330 e. The molecule has 0 spiro atoms. The molecule has 0 saturated heterocycles. The fourth-order valence-electron chi connectivity index (χ4n) is 1.87. The lowest BCUT2D eigenvalue weighted by atomic mass is 10.2. The molecule has 0 unspecified atom stereocenters. The molecule has 0 aliphatic rings. The number of anilines is 2. The molecule has 0 atom stereocenters. The van der Waals surface area contributed by atoms with Crippen LogP contribution in [0.1, 0.15) is 5.56 Å². The average molecular weight is 338 g/mol. The number of pyridine rings is 1. The van der Waals surface area contributed by atoms with Gasteiger partial charge in [0, 0.05) is 35.0 Å². The van der Waals surface area contributed by atoms with Gasteiger partial charge in [0.25, 0.3) is 0 Å². The predicted octanol–water partition coefficient (Wildman–Crippen LogP) is 3.66. The van der Waals surface area contributed by atoms with Gasteiger partial charge >= 0.3 is 6.18 Å². The van der Waals surface area contributed by atoms with Gasteiger partial charge in [0.1, 0.15) is 0 Å². The van der Waals surface area contributed by atoms with Gasteiger partial charge < -0.3 is 10.3 Å². The molecule has 0 radical (unpaired) electrons. The lowest BCUT2D eigenvalue weighted by Gasteiger charge is -2.08. The Hall–Kier alpha value is -2.68. The maximum absolute atomic E-state index is 12.7. The van der Waals surface area contributed by atoms with Crippen molar-refractivity contribution in [2.24, 2.45) is 0 Å². The summed E-state index contributed by atoms with van der Waals surface area (Å²) in [6.45, 7) is 0. The third kappa shape index (κ3) is 3.57. The largest absolute Gasteiger partial charge is 0.416 e. The van der Waals surface area contributed by atoms with Gasteiger partial charge in [-0.25, -0.2) is 0 Å². The van der Waals surface area contributed by atoms with E-state index in [0.29, 0.717) is 16.5 Å². The van der Waals surface area contributed by atoms with Crippen molar-refractivity contribution in [2.45, 2.75) is 6.18 Å². The standard InChI is InChI=1S/C14H9F3N4OS/c15-14(16,17)9-2-1-3-10(7-9)19-13-20-12(21-23-13)8-4-5-18-11(22)6-8/h1-7H,(H,18,22)(H,19,20,21). The molecule has 2 aromatic heterocycles. The summed E-state index contributed by atoms with van der Waals surface area (Å²) < 4.78 is 42.1. The van der Waals surface area contributed by atoms with Crippen molar-refractivity contribution in [1.82, 2.24) is 14.3 Å². The van der Waals surface area contributed by atoms with Crippen molar-refractivity contribution in [3.8, 4) is 11.4 Å². The molecule has 3 aromatic rings. The molecular formula is C14H9F3N4OS. The molecule has 0 fully saturated rings. The zero-order valence-electron chi connectivity index (χ0n) is 11.4. The van der Waals surface area contributed by atoms with Crippen LogP contribution in [0.2, 0.25) is 0 Å². The monoisotopic (exact) mass is 338 g/mol. The molecule has 0 aliphatic heterocycles. The van der Waals surface area contributed by atoms with Crippen molar-refractivity contribution in [3.05, 3.63) is 58.5 Å². The first-order valence-electron chi connectivity index (χ1n) is 6.39. The van der Waals surface area contributed by atoms with Crippen LogP contribution < -0.4 is 10.9 Å². The maximum Gasteiger partial charge on any atom is 0.416 e. The molecule has 0 amide bonds. The molecular weight excluding hydrogens is 329 g/mol. The molecule has 2 N–H and O–H groups in total. The van der Waals surface area contributed by atoms with Crippen LogP contribution in [0.25, 0.3) is 11.4 Å². The number of nitrogens with zero attached hydrogens (tertiary/aromatic N) is 2. The molecule has 1 aromatic carbocycles. The van der Waals surface area contributed by atoms with Crippen LogP contribution in [0.5, 0.6) is 0 Å². The lowest BCUT2D eigenvalue weighted by Crippen LogP contribution is -2.05. The zero-order valence-corrected chi connectivity index (χ0v) is 12.2. The van der Waals surface area contributed by atoms with Gasteiger partial charge in [-0.3, -0.25) is 4.79 Å². The van der Waals surface area contributed by atoms with E-state index in [0.717, 1.165) is 23.7 Å². The molecule has 0 aliphatic carbocycles. The van der Waals surface area contributed by atoms with Crippen LogP contribution >= 0.6 is 11.5 Å². The summed E-state index contributed by atoms with van der Waals surface area (Å²) in [5, 5.41) is 3.11. The quantitative estimate of drug-likeness (QED) is 0.765. The Balaban J connectivity index is 1.84. The highest BCUT2D eigenvalue weighted by Gasteiger charge is 2.30. The number of alkyl halides is 3. The Morgan fingerprint density at radius 2 is 2.00 bits per heavy atom. The van der Waals surface area contributed by atoms with E-state index in [1.165, 1.54) is 24.4 Å². The summed E-state index contributed by atoms with van der Waals surface area (Å²) in [5.41, 5.74) is -0.248. The predicted molar refractivity (Wildman–Crippen MR) is 80.7 cm³/mol. The van der Waals surface area contributed by atoms with Crippen molar-refractivity contribution < 1.29 is 13.2 Å². The second-order valence-corrected chi connectivity index (χ2v) is 5.32. The highest BCUT2D eigenvalue weighted by Crippen LogP contribution is 2.31. The Morgan fingerprint density at radius 3 is 2.74 bits per heavy atom. The van der Waals surface area contributed by atoms with Gasteiger partial charge in [-0.1, -0.05) is 6.07 Å². The Labute approximate surface area is 132 Å². The van der Waals surface area contributed by atoms with Gasteiger partial charge in [0.2, 0.25) is 10.7 Å². The van der Waals surface area contributed by atoms with E-state index in [-0.39, 0.29) is 11.2 Å². The molecule has 9 heteroatoms. The number of aromatic nitrogens is 3. The summed E-state index contributed by atoms with van der Waals surface area (Å²) in [6.07, 6.45) is -2.94. The number of hydrogen-bond acceptors (Lipinski definition) is 5. The number of halogens is 3. The highest BCUT2D eigenvalue weighted by molar-refractivity contribution is 7.09. The summed E-state index contributed by atoms with van der Waals surface area (Å²) in [7, 11) is 0. The first kappa shape index (κ1) is 15.2. The van der Waals surface area contributed by atoms with E-state index in [2.05, 4.69) is 19.7 Å². The molecule has 0 saturated carbocycles. The van der Waals surface area contributed by atoms with Crippen LogP contribution in [0.15, 0.2) is 47.4 Å². The van der Waals surface area contributed by atoms with E-state index in [1.54, 1.807) is 6.07 Å². The van der Waals surface area contributed by atoms with E-state index in [4.69, 9.17) is 0 Å². The van der Waals surface area contributed by atoms with Crippen molar-refractivity contribution in [3.63, 3.8) is 0 Å². The Bertz CT molecular complexity index is 888. The first-order valence-corrected chi connectivity index (χ1v) is 7.16. The van der Waals surface area contributed by atoms with Crippen LogP contribution in [0.4, 0.5) is 24.0 Å². The molecule has 23 heavy (non-hydrogen) atoms. The summed E-state index contributed by atoms with van der Waals surface area (Å²) in [4.78, 5) is 17.9. The smallest absolute Gasteiger partial charge is 0.330 e. The van der Waals surface area contributed by atoms with Gasteiger partial charge in [-0.05, 0) is 24.3 Å². The third-order valence-corrected chi connectivity index (χ3v) is 3.53. The van der Waals surface area contributed by atoms with Gasteiger partial charge in [0.15, 0.2) is 5.82 Å². The SMILES string of the molecule is O=c1cc(-c2nsc(Nc3cccc(C(F)(F)F)c3)n2)cc[nH]1. The van der Waals surface area contributed by atoms with Gasteiger partial charge in [-0.2, -0.15) is 22.5 Å². The van der Waals surface area contributed by atoms with Crippen LogP contribution in [0, 0.1) is 0 Å². The lowest BCUT2D eigenvalue weighted by molar-refractivity contribution is -0.137. The first-order chi connectivity index (χ1) is 10.9. The van der Waals surface area contributed by atoms with Crippen molar-refractivity contribution >= 4 is 22.4 Å². The van der Waals surface area contributed by atoms with E-state index in [9.17, 15) is 18.0 Å². The summed E-state index contributed by atoms with van der Waals surface area (Å²) in [6, 6.07) is 7.78. The highest BCUT2D eigenvalue weighted by atomic mass is 32.1. The zero-order chi connectivity index (χ0) is 16.4. The molecule has 118 valence electrons. The molecule has 5 nitrogen and oxygen atoms in total. The van der Waals surface area contributed by atoms with Gasteiger partial charge in [0.05, 0.1) is 5.56 Å².